The molecule has 0 saturated carbocycles. The van der Waals surface area contributed by atoms with Gasteiger partial charge in [0, 0.05) is 34.4 Å². The molecule has 1 amide bonds. The molecule has 2 heterocycles. The number of aliphatic hydroxyl groups is 1. The number of fused-ring (bicyclic) bond motifs is 1. The van der Waals surface area contributed by atoms with Crippen LogP contribution in [0.3, 0.4) is 0 Å². The highest BCUT2D eigenvalue weighted by atomic mass is 35.5. The molecular formula is C30H27ClN2O5. The second-order valence-corrected chi connectivity index (χ2v) is 9.80. The van der Waals surface area contributed by atoms with Gasteiger partial charge >= 0.3 is 0 Å². The number of rotatable bonds is 6. The number of Topliss-reactive ketones (excluding diaryl/α,β-unsaturated/α-hetero) is 1. The van der Waals surface area contributed by atoms with Gasteiger partial charge in [0.25, 0.3) is 11.7 Å². The van der Waals surface area contributed by atoms with Crippen molar-refractivity contribution in [1.82, 2.24) is 4.98 Å². The number of anilines is 1. The summed E-state index contributed by atoms with van der Waals surface area (Å²) < 4.78 is 10.8. The van der Waals surface area contributed by atoms with Crippen molar-refractivity contribution in [3.8, 4) is 11.5 Å². The standard InChI is InChI=1S/C30H27ClN2O5/c1-16(2)17-9-11-18(12-10-17)33-27(21-15-32-23-8-6-5-7-19(21)23)26(29(35)30(33)36)28(34)20-13-25(38-4)22(31)14-24(20)37-3/h5-16,27,32,34H,1-4H3/b28-26+. The number of H-pyrrole nitrogens is 1. The van der Waals surface area contributed by atoms with Gasteiger partial charge in [-0.25, -0.2) is 0 Å². The molecule has 38 heavy (non-hydrogen) atoms. The van der Waals surface area contributed by atoms with E-state index in [4.69, 9.17) is 21.1 Å². The molecule has 4 aromatic rings. The van der Waals surface area contributed by atoms with Crippen LogP contribution in [-0.2, 0) is 9.59 Å². The summed E-state index contributed by atoms with van der Waals surface area (Å²) in [4.78, 5) is 31.9. The first-order valence-electron chi connectivity index (χ1n) is 12.2. The third-order valence-corrected chi connectivity index (χ3v) is 7.22. The number of nitrogens with one attached hydrogen (secondary N) is 1. The summed E-state index contributed by atoms with van der Waals surface area (Å²) in [5.41, 5.74) is 3.30. The van der Waals surface area contributed by atoms with Gasteiger partial charge in [0.1, 0.15) is 17.3 Å². The van der Waals surface area contributed by atoms with Crippen LogP contribution in [0.5, 0.6) is 11.5 Å². The number of aromatic nitrogens is 1. The summed E-state index contributed by atoms with van der Waals surface area (Å²) in [6, 6.07) is 17.2. The summed E-state index contributed by atoms with van der Waals surface area (Å²) in [5, 5.41) is 12.8. The average Bonchev–Trinajstić information content (AvgIpc) is 3.46. The van der Waals surface area contributed by atoms with Crippen LogP contribution in [0.15, 0.2) is 72.4 Å². The SMILES string of the molecule is COc1cc(/C(O)=C2\C(=O)C(=O)N(c3ccc(C(C)C)cc3)C2c2c[nH]c3ccccc23)c(OC)cc1Cl. The monoisotopic (exact) mass is 530 g/mol. The van der Waals surface area contributed by atoms with E-state index in [1.165, 1.54) is 31.3 Å². The number of carbonyl (C=O) groups excluding carboxylic acids is 2. The number of ketones is 1. The fourth-order valence-electron chi connectivity index (χ4n) is 4.92. The quantitative estimate of drug-likeness (QED) is 0.167. The van der Waals surface area contributed by atoms with Crippen molar-refractivity contribution in [1.29, 1.82) is 0 Å². The maximum Gasteiger partial charge on any atom is 0.300 e. The Morgan fingerprint density at radius 2 is 1.68 bits per heavy atom. The summed E-state index contributed by atoms with van der Waals surface area (Å²) in [6.45, 7) is 4.17. The molecule has 0 radical (unpaired) electrons. The maximum atomic E-state index is 13.6. The van der Waals surface area contributed by atoms with Crippen LogP contribution in [0.2, 0.25) is 5.02 Å². The van der Waals surface area contributed by atoms with Gasteiger partial charge in [-0.05, 0) is 35.7 Å². The molecule has 194 valence electrons. The predicted octanol–water partition coefficient (Wildman–Crippen LogP) is 6.59. The molecule has 1 atom stereocenters. The van der Waals surface area contributed by atoms with Gasteiger partial charge in [0.2, 0.25) is 0 Å². The third kappa shape index (κ3) is 4.09. The Labute approximate surface area is 225 Å². The van der Waals surface area contributed by atoms with Crippen LogP contribution in [0.4, 0.5) is 5.69 Å². The number of ether oxygens (including phenoxy) is 2. The van der Waals surface area contributed by atoms with E-state index in [0.717, 1.165) is 16.5 Å². The highest BCUT2D eigenvalue weighted by Crippen LogP contribution is 2.46. The van der Waals surface area contributed by atoms with E-state index in [9.17, 15) is 14.7 Å². The molecule has 1 aromatic heterocycles. The highest BCUT2D eigenvalue weighted by Gasteiger charge is 2.48. The van der Waals surface area contributed by atoms with Gasteiger partial charge in [-0.15, -0.1) is 0 Å². The Kier molecular flexibility index (Phi) is 6.63. The van der Waals surface area contributed by atoms with Crippen LogP contribution in [-0.4, -0.2) is 36.0 Å². The van der Waals surface area contributed by atoms with E-state index >= 15 is 0 Å². The minimum Gasteiger partial charge on any atom is -0.507 e. The van der Waals surface area contributed by atoms with Gasteiger partial charge in [-0.1, -0.05) is 55.8 Å². The van der Waals surface area contributed by atoms with Crippen LogP contribution >= 0.6 is 11.6 Å². The first kappa shape index (κ1) is 25.4. The lowest BCUT2D eigenvalue weighted by molar-refractivity contribution is -0.132. The van der Waals surface area contributed by atoms with Crippen molar-refractivity contribution < 1.29 is 24.2 Å². The Hall–Kier alpha value is -4.23. The second kappa shape index (κ2) is 9.91. The van der Waals surface area contributed by atoms with Gasteiger partial charge in [-0.3, -0.25) is 14.5 Å². The van der Waals surface area contributed by atoms with Crippen molar-refractivity contribution in [3.63, 3.8) is 0 Å². The molecule has 1 fully saturated rings. The molecule has 3 aromatic carbocycles. The van der Waals surface area contributed by atoms with E-state index in [1.807, 2.05) is 48.5 Å². The summed E-state index contributed by atoms with van der Waals surface area (Å²) in [7, 11) is 2.88. The predicted molar refractivity (Wildman–Crippen MR) is 148 cm³/mol. The molecule has 2 N–H and O–H groups in total. The number of halogens is 1. The van der Waals surface area contributed by atoms with E-state index in [1.54, 1.807) is 6.20 Å². The molecular weight excluding hydrogens is 504 g/mol. The van der Waals surface area contributed by atoms with Crippen LogP contribution in [0, 0.1) is 0 Å². The van der Waals surface area contributed by atoms with Gasteiger partial charge in [0.15, 0.2) is 0 Å². The first-order chi connectivity index (χ1) is 18.3. The van der Waals surface area contributed by atoms with Crippen molar-refractivity contribution in [2.45, 2.75) is 25.8 Å². The minimum absolute atomic E-state index is 0.0598. The number of methoxy groups -OCH3 is 2. The normalized spacial score (nSPS) is 17.0. The molecule has 0 aliphatic carbocycles. The number of para-hydroxylation sites is 1. The van der Waals surface area contributed by atoms with Crippen molar-refractivity contribution in [2.24, 2.45) is 0 Å². The van der Waals surface area contributed by atoms with Crippen LogP contribution in [0.25, 0.3) is 16.7 Å². The molecule has 7 nitrogen and oxygen atoms in total. The van der Waals surface area contributed by atoms with E-state index in [0.29, 0.717) is 17.2 Å². The molecule has 0 bridgehead atoms. The zero-order valence-electron chi connectivity index (χ0n) is 21.4. The Balaban J connectivity index is 1.78. The summed E-state index contributed by atoms with van der Waals surface area (Å²) in [6.07, 6.45) is 1.77. The average molecular weight is 531 g/mol. The van der Waals surface area contributed by atoms with Gasteiger partial charge in [0.05, 0.1) is 36.4 Å². The minimum atomic E-state index is -0.901. The second-order valence-electron chi connectivity index (χ2n) is 9.39. The fraction of sp³-hybridized carbons (Fsp3) is 0.200. The van der Waals surface area contributed by atoms with Gasteiger partial charge in [-0.2, -0.15) is 0 Å². The molecule has 1 aliphatic rings. The Morgan fingerprint density at radius 1 is 1.00 bits per heavy atom. The van der Waals surface area contributed by atoms with Crippen LogP contribution < -0.4 is 14.4 Å². The van der Waals surface area contributed by atoms with Crippen LogP contribution in [0.1, 0.15) is 42.5 Å². The lowest BCUT2D eigenvalue weighted by Crippen LogP contribution is -2.29. The molecule has 1 saturated heterocycles. The zero-order valence-corrected chi connectivity index (χ0v) is 22.2. The number of carbonyl (C=O) groups is 2. The number of aliphatic hydroxyl groups excluding tert-OH is 1. The Bertz CT molecular complexity index is 1590. The van der Waals surface area contributed by atoms with E-state index in [2.05, 4.69) is 18.8 Å². The number of aromatic amines is 1. The molecule has 5 rings (SSSR count). The van der Waals surface area contributed by atoms with Crippen molar-refractivity contribution in [3.05, 3.63) is 94.1 Å². The lowest BCUT2D eigenvalue weighted by atomic mass is 9.94. The molecule has 0 spiro atoms. The number of nitrogens with zero attached hydrogens (tertiary/aromatic N) is 1. The van der Waals surface area contributed by atoms with E-state index < -0.39 is 17.7 Å². The summed E-state index contributed by atoms with van der Waals surface area (Å²) >= 11 is 6.27. The van der Waals surface area contributed by atoms with Gasteiger partial charge < -0.3 is 19.6 Å². The summed E-state index contributed by atoms with van der Waals surface area (Å²) in [5.74, 6) is -1.10. The topological polar surface area (TPSA) is 91.9 Å². The molecule has 1 aliphatic heterocycles. The number of hydrogen-bond acceptors (Lipinski definition) is 5. The lowest BCUT2D eigenvalue weighted by Gasteiger charge is -2.25. The number of hydrogen-bond donors (Lipinski definition) is 2. The van der Waals surface area contributed by atoms with Crippen molar-refractivity contribution >= 4 is 45.6 Å². The molecule has 1 unspecified atom stereocenters. The zero-order chi connectivity index (χ0) is 27.1. The third-order valence-electron chi connectivity index (χ3n) is 6.93. The largest absolute Gasteiger partial charge is 0.507 e. The first-order valence-corrected chi connectivity index (χ1v) is 12.5. The highest BCUT2D eigenvalue weighted by molar-refractivity contribution is 6.52. The van der Waals surface area contributed by atoms with Crippen molar-refractivity contribution in [2.75, 3.05) is 19.1 Å². The smallest absolute Gasteiger partial charge is 0.300 e. The van der Waals surface area contributed by atoms with E-state index in [-0.39, 0.29) is 33.4 Å². The maximum absolute atomic E-state index is 13.6. The number of amides is 1. The Morgan fingerprint density at radius 3 is 2.34 bits per heavy atom. The fourth-order valence-corrected chi connectivity index (χ4v) is 5.15. The number of benzene rings is 3. The molecule has 8 heteroatoms.